The van der Waals surface area contributed by atoms with Gasteiger partial charge in [0, 0.05) is 39.1 Å². The number of rotatable bonds is 4. The molecule has 121 valence electrons. The maximum absolute atomic E-state index is 12.5. The molecule has 1 aliphatic heterocycles. The Hall–Kier alpha value is -1.56. The van der Waals surface area contributed by atoms with Gasteiger partial charge in [0.1, 0.15) is 0 Å². The van der Waals surface area contributed by atoms with Crippen LogP contribution in [0.2, 0.25) is 0 Å². The van der Waals surface area contributed by atoms with Crippen molar-refractivity contribution in [3.63, 3.8) is 0 Å². The highest BCUT2D eigenvalue weighted by atomic mass is 19.4. The number of halogens is 3. The molecule has 0 spiro atoms. The van der Waals surface area contributed by atoms with Gasteiger partial charge in [-0.2, -0.15) is 13.2 Å². The van der Waals surface area contributed by atoms with Crippen LogP contribution in [0.15, 0.2) is 24.3 Å². The molecule has 6 heteroatoms. The first-order valence-electron chi connectivity index (χ1n) is 7.35. The van der Waals surface area contributed by atoms with Crippen LogP contribution in [-0.4, -0.2) is 41.9 Å². The third-order valence-corrected chi connectivity index (χ3v) is 3.80. The quantitative estimate of drug-likeness (QED) is 0.853. The number of hydrogen-bond acceptors (Lipinski definition) is 2. The first-order chi connectivity index (χ1) is 10.4. The highest BCUT2D eigenvalue weighted by Gasteiger charge is 2.30. The summed E-state index contributed by atoms with van der Waals surface area (Å²) in [5.74, 6) is 0.129. The van der Waals surface area contributed by atoms with Gasteiger partial charge in [-0.05, 0) is 24.1 Å². The van der Waals surface area contributed by atoms with Crippen molar-refractivity contribution >= 4 is 5.91 Å². The molecule has 0 aliphatic carbocycles. The van der Waals surface area contributed by atoms with E-state index in [2.05, 4.69) is 11.8 Å². The van der Waals surface area contributed by atoms with E-state index in [9.17, 15) is 18.0 Å². The fourth-order valence-corrected chi connectivity index (χ4v) is 2.52. The largest absolute Gasteiger partial charge is 0.416 e. The lowest BCUT2D eigenvalue weighted by Crippen LogP contribution is -2.48. The van der Waals surface area contributed by atoms with Crippen LogP contribution in [0.25, 0.3) is 0 Å². The van der Waals surface area contributed by atoms with Gasteiger partial charge in [0.05, 0.1) is 5.56 Å². The van der Waals surface area contributed by atoms with Crippen LogP contribution >= 0.6 is 0 Å². The number of alkyl halides is 3. The molecule has 1 heterocycles. The summed E-state index contributed by atoms with van der Waals surface area (Å²) in [5, 5.41) is 0. The molecule has 0 aromatic heterocycles. The smallest absolute Gasteiger partial charge is 0.340 e. The van der Waals surface area contributed by atoms with Crippen LogP contribution in [0, 0.1) is 6.92 Å². The van der Waals surface area contributed by atoms with E-state index in [1.165, 1.54) is 12.1 Å². The van der Waals surface area contributed by atoms with Gasteiger partial charge < -0.3 is 4.90 Å². The molecule has 1 saturated heterocycles. The molecule has 0 saturated carbocycles. The molecule has 22 heavy (non-hydrogen) atoms. The number of piperazine rings is 1. The van der Waals surface area contributed by atoms with Crippen LogP contribution in [0.3, 0.4) is 0 Å². The minimum Gasteiger partial charge on any atom is -0.340 e. The number of nitrogens with zero attached hydrogens (tertiary/aromatic N) is 2. The SMILES string of the molecule is [CH2]CCC(=O)N1CCN(Cc2ccc(C(F)(F)F)cc2)CC1. The summed E-state index contributed by atoms with van der Waals surface area (Å²) in [5.41, 5.74) is 0.227. The van der Waals surface area contributed by atoms with Crippen molar-refractivity contribution in [1.82, 2.24) is 9.80 Å². The number of amides is 1. The Morgan fingerprint density at radius 1 is 1.09 bits per heavy atom. The minimum absolute atomic E-state index is 0.129. The second kappa shape index (κ2) is 7.13. The first-order valence-corrected chi connectivity index (χ1v) is 7.35. The summed E-state index contributed by atoms with van der Waals surface area (Å²) >= 11 is 0. The molecule has 0 N–H and O–H groups in total. The zero-order valence-corrected chi connectivity index (χ0v) is 12.4. The highest BCUT2D eigenvalue weighted by molar-refractivity contribution is 5.76. The van der Waals surface area contributed by atoms with Crippen LogP contribution in [-0.2, 0) is 17.5 Å². The van der Waals surface area contributed by atoms with E-state index in [0.717, 1.165) is 30.8 Å². The zero-order chi connectivity index (χ0) is 16.2. The van der Waals surface area contributed by atoms with Crippen LogP contribution < -0.4 is 0 Å². The van der Waals surface area contributed by atoms with Crippen LogP contribution in [0.5, 0.6) is 0 Å². The fraction of sp³-hybridized carbons (Fsp3) is 0.500. The summed E-state index contributed by atoms with van der Waals surface area (Å²) in [4.78, 5) is 15.7. The zero-order valence-electron chi connectivity index (χ0n) is 12.4. The molecule has 0 atom stereocenters. The van der Waals surface area contributed by atoms with E-state index in [1.807, 2.05) is 4.90 Å². The molecule has 1 aromatic carbocycles. The lowest BCUT2D eigenvalue weighted by molar-refractivity contribution is -0.137. The van der Waals surface area contributed by atoms with E-state index >= 15 is 0 Å². The van der Waals surface area contributed by atoms with E-state index < -0.39 is 11.7 Å². The molecule has 1 amide bonds. The van der Waals surface area contributed by atoms with Gasteiger partial charge >= 0.3 is 6.18 Å². The van der Waals surface area contributed by atoms with Crippen molar-refractivity contribution in [3.05, 3.63) is 42.3 Å². The normalized spacial score (nSPS) is 16.8. The second-order valence-electron chi connectivity index (χ2n) is 5.46. The first kappa shape index (κ1) is 16.8. The van der Waals surface area contributed by atoms with Crippen molar-refractivity contribution < 1.29 is 18.0 Å². The van der Waals surface area contributed by atoms with Gasteiger partial charge in [-0.1, -0.05) is 19.1 Å². The Morgan fingerprint density at radius 2 is 1.68 bits per heavy atom. The molecule has 0 unspecified atom stereocenters. The van der Waals surface area contributed by atoms with Crippen molar-refractivity contribution in [2.24, 2.45) is 0 Å². The standard InChI is InChI=1S/C16H20F3N2O/c1-2-3-15(22)21-10-8-20(9-11-21)12-13-4-6-14(7-5-13)16(17,18)19/h4-7H,1-3,8-12H2. The maximum atomic E-state index is 12.5. The monoisotopic (exact) mass is 313 g/mol. The van der Waals surface area contributed by atoms with Gasteiger partial charge in [-0.3, -0.25) is 9.69 Å². The van der Waals surface area contributed by atoms with Crippen molar-refractivity contribution in [2.75, 3.05) is 26.2 Å². The molecule has 1 aromatic rings. The Kier molecular flexibility index (Phi) is 5.45. The lowest BCUT2D eigenvalue weighted by Gasteiger charge is -2.34. The molecule has 3 nitrogen and oxygen atoms in total. The van der Waals surface area contributed by atoms with E-state index in [-0.39, 0.29) is 5.91 Å². The summed E-state index contributed by atoms with van der Waals surface area (Å²) in [6.07, 6.45) is -3.22. The minimum atomic E-state index is -4.29. The van der Waals surface area contributed by atoms with E-state index in [4.69, 9.17) is 0 Å². The van der Waals surface area contributed by atoms with Gasteiger partial charge in [0.25, 0.3) is 0 Å². The van der Waals surface area contributed by atoms with Gasteiger partial charge in [-0.25, -0.2) is 0 Å². The molecular weight excluding hydrogens is 293 g/mol. The van der Waals surface area contributed by atoms with Gasteiger partial charge in [0.2, 0.25) is 5.91 Å². The Morgan fingerprint density at radius 3 is 2.18 bits per heavy atom. The third kappa shape index (κ3) is 4.47. The number of carbonyl (C=O) groups excluding carboxylic acids is 1. The lowest BCUT2D eigenvalue weighted by atomic mass is 10.1. The summed E-state index contributed by atoms with van der Waals surface area (Å²) in [7, 11) is 0. The van der Waals surface area contributed by atoms with E-state index in [0.29, 0.717) is 32.5 Å². The average Bonchev–Trinajstić information content (AvgIpc) is 2.48. The molecule has 0 bridgehead atoms. The number of benzene rings is 1. The molecule has 1 fully saturated rings. The summed E-state index contributed by atoms with van der Waals surface area (Å²) < 4.78 is 37.5. The molecular formula is C16H20F3N2O. The average molecular weight is 313 g/mol. The highest BCUT2D eigenvalue weighted by Crippen LogP contribution is 2.29. The van der Waals surface area contributed by atoms with Gasteiger partial charge in [0.15, 0.2) is 0 Å². The molecule has 1 aliphatic rings. The van der Waals surface area contributed by atoms with Crippen LogP contribution in [0.4, 0.5) is 13.2 Å². The molecule has 1 radical (unpaired) electrons. The number of hydrogen-bond donors (Lipinski definition) is 0. The number of carbonyl (C=O) groups is 1. The summed E-state index contributed by atoms with van der Waals surface area (Å²) in [6, 6.07) is 5.26. The van der Waals surface area contributed by atoms with Crippen LogP contribution in [0.1, 0.15) is 24.0 Å². The fourth-order valence-electron chi connectivity index (χ4n) is 2.52. The maximum Gasteiger partial charge on any atom is 0.416 e. The van der Waals surface area contributed by atoms with Crippen molar-refractivity contribution in [1.29, 1.82) is 0 Å². The Balaban J connectivity index is 1.84. The molecule has 2 rings (SSSR count). The van der Waals surface area contributed by atoms with Crippen molar-refractivity contribution in [3.8, 4) is 0 Å². The second-order valence-corrected chi connectivity index (χ2v) is 5.46. The van der Waals surface area contributed by atoms with Gasteiger partial charge in [-0.15, -0.1) is 0 Å². The Bertz CT molecular complexity index is 491. The predicted molar refractivity (Wildman–Crippen MR) is 77.9 cm³/mol. The third-order valence-electron chi connectivity index (χ3n) is 3.80. The van der Waals surface area contributed by atoms with E-state index in [1.54, 1.807) is 0 Å². The Labute approximate surface area is 128 Å². The summed E-state index contributed by atoms with van der Waals surface area (Å²) in [6.45, 7) is 7.10. The van der Waals surface area contributed by atoms with Crippen molar-refractivity contribution in [2.45, 2.75) is 25.6 Å². The topological polar surface area (TPSA) is 23.6 Å². The predicted octanol–water partition coefficient (Wildman–Crippen LogP) is 2.96.